The summed E-state index contributed by atoms with van der Waals surface area (Å²) >= 11 is 0. The molecule has 3 N–H and O–H groups in total. The third-order valence-electron chi connectivity index (χ3n) is 7.16. The van der Waals surface area contributed by atoms with Crippen LogP contribution in [0.25, 0.3) is 11.4 Å². The van der Waals surface area contributed by atoms with Crippen LogP contribution < -0.4 is 15.4 Å². The summed E-state index contributed by atoms with van der Waals surface area (Å²) in [5.74, 6) is -1.46. The highest BCUT2D eigenvalue weighted by Gasteiger charge is 2.37. The molecule has 1 saturated carbocycles. The number of piperazine rings is 1. The fourth-order valence-corrected chi connectivity index (χ4v) is 5.09. The Morgan fingerprint density at radius 3 is 2.61 bits per heavy atom. The third-order valence-corrected chi connectivity index (χ3v) is 7.16. The number of carbonyl (C=O) groups excluding carboxylic acids is 3. The molecule has 0 radical (unpaired) electrons. The number of rotatable bonds is 12. The number of hydrogen-bond acceptors (Lipinski definition) is 9. The summed E-state index contributed by atoms with van der Waals surface area (Å²) in [6.07, 6.45) is 3.38. The SMILES string of the molecule is CCOC(=O)N1CCNCC1C(=O)[C@H](CCCC(=O)O)NC(=O)c1cc(OC2CCCC2)nc(-c2ccccc2)n1. The largest absolute Gasteiger partial charge is 0.481 e. The normalized spacial score (nSPS) is 18.0. The zero-order chi connectivity index (χ0) is 29.2. The highest BCUT2D eigenvalue weighted by atomic mass is 16.6. The van der Waals surface area contributed by atoms with Crippen LogP contribution in [0.1, 0.15) is 62.4 Å². The number of nitrogens with zero attached hydrogens (tertiary/aromatic N) is 3. The number of Topliss-reactive ketones (excluding diaryl/α,β-unsaturated/α-hetero) is 1. The molecule has 2 aliphatic rings. The molecule has 1 unspecified atom stereocenters. The number of aliphatic carboxylic acids is 1. The van der Waals surface area contributed by atoms with E-state index in [1.165, 1.54) is 11.0 Å². The minimum absolute atomic E-state index is 0.00226. The number of carboxylic acids is 1. The Morgan fingerprint density at radius 1 is 1.15 bits per heavy atom. The first-order chi connectivity index (χ1) is 19.9. The molecule has 12 heteroatoms. The van der Waals surface area contributed by atoms with Gasteiger partial charge in [0, 0.05) is 37.7 Å². The number of aromatic nitrogens is 2. The van der Waals surface area contributed by atoms with Crippen LogP contribution in [0.15, 0.2) is 36.4 Å². The fraction of sp³-hybridized carbons (Fsp3) is 0.517. The van der Waals surface area contributed by atoms with Crippen LogP contribution in [-0.2, 0) is 14.3 Å². The molecule has 12 nitrogen and oxygen atoms in total. The Balaban J connectivity index is 1.59. The van der Waals surface area contributed by atoms with E-state index in [-0.39, 0.29) is 56.6 Å². The predicted molar refractivity (Wildman–Crippen MR) is 148 cm³/mol. The average molecular weight is 568 g/mol. The Morgan fingerprint density at radius 2 is 1.90 bits per heavy atom. The van der Waals surface area contributed by atoms with E-state index >= 15 is 0 Å². The Bertz CT molecular complexity index is 1220. The zero-order valence-corrected chi connectivity index (χ0v) is 23.2. The van der Waals surface area contributed by atoms with Crippen LogP contribution >= 0.6 is 0 Å². The van der Waals surface area contributed by atoms with Gasteiger partial charge in [0.1, 0.15) is 17.8 Å². The lowest BCUT2D eigenvalue weighted by atomic mass is 9.97. The van der Waals surface area contributed by atoms with Gasteiger partial charge in [0.25, 0.3) is 5.91 Å². The molecule has 41 heavy (non-hydrogen) atoms. The quantitative estimate of drug-likeness (QED) is 0.348. The molecule has 0 spiro atoms. The molecule has 220 valence electrons. The zero-order valence-electron chi connectivity index (χ0n) is 23.2. The second-order valence-electron chi connectivity index (χ2n) is 10.1. The van der Waals surface area contributed by atoms with Crippen LogP contribution in [0.4, 0.5) is 4.79 Å². The van der Waals surface area contributed by atoms with Gasteiger partial charge in [0.05, 0.1) is 12.6 Å². The maximum absolute atomic E-state index is 13.7. The van der Waals surface area contributed by atoms with E-state index in [9.17, 15) is 19.2 Å². The van der Waals surface area contributed by atoms with Gasteiger partial charge >= 0.3 is 12.1 Å². The van der Waals surface area contributed by atoms with E-state index in [0.717, 1.165) is 25.7 Å². The highest BCUT2D eigenvalue weighted by Crippen LogP contribution is 2.25. The van der Waals surface area contributed by atoms with Crippen molar-refractivity contribution in [3.05, 3.63) is 42.1 Å². The van der Waals surface area contributed by atoms with Crippen LogP contribution in [0.3, 0.4) is 0 Å². The van der Waals surface area contributed by atoms with Crippen molar-refractivity contribution in [3.63, 3.8) is 0 Å². The van der Waals surface area contributed by atoms with E-state index < -0.39 is 35.8 Å². The van der Waals surface area contributed by atoms with Gasteiger partial charge < -0.3 is 25.2 Å². The van der Waals surface area contributed by atoms with Crippen LogP contribution in [-0.4, -0.2) is 88.2 Å². The number of benzene rings is 1. The average Bonchev–Trinajstić information content (AvgIpc) is 3.49. The summed E-state index contributed by atoms with van der Waals surface area (Å²) in [7, 11) is 0. The van der Waals surface area contributed by atoms with Gasteiger partial charge in [-0.1, -0.05) is 30.3 Å². The van der Waals surface area contributed by atoms with Crippen molar-refractivity contribution in [1.82, 2.24) is 25.5 Å². The van der Waals surface area contributed by atoms with Crippen LogP contribution in [0.5, 0.6) is 5.88 Å². The van der Waals surface area contributed by atoms with Crippen molar-refractivity contribution < 1.29 is 33.8 Å². The minimum Gasteiger partial charge on any atom is -0.481 e. The lowest BCUT2D eigenvalue weighted by molar-refractivity contribution is -0.137. The van der Waals surface area contributed by atoms with Crippen molar-refractivity contribution in [2.45, 2.75) is 70.1 Å². The molecule has 2 aromatic rings. The summed E-state index contributed by atoms with van der Waals surface area (Å²) in [6.45, 7) is 2.78. The van der Waals surface area contributed by atoms with Crippen molar-refractivity contribution in [1.29, 1.82) is 0 Å². The Hall–Kier alpha value is -4.06. The van der Waals surface area contributed by atoms with E-state index in [2.05, 4.69) is 20.6 Å². The lowest BCUT2D eigenvalue weighted by Crippen LogP contribution is -2.61. The van der Waals surface area contributed by atoms with Crippen molar-refractivity contribution in [2.24, 2.45) is 0 Å². The van der Waals surface area contributed by atoms with Gasteiger partial charge in [-0.3, -0.25) is 19.3 Å². The van der Waals surface area contributed by atoms with Gasteiger partial charge in [0.2, 0.25) is 5.88 Å². The van der Waals surface area contributed by atoms with Crippen molar-refractivity contribution in [2.75, 3.05) is 26.2 Å². The van der Waals surface area contributed by atoms with E-state index in [1.54, 1.807) is 6.92 Å². The molecule has 0 bridgehead atoms. The fourth-order valence-electron chi connectivity index (χ4n) is 5.09. The predicted octanol–water partition coefficient (Wildman–Crippen LogP) is 2.82. The van der Waals surface area contributed by atoms with Gasteiger partial charge in [-0.15, -0.1) is 0 Å². The van der Waals surface area contributed by atoms with E-state index in [4.69, 9.17) is 14.6 Å². The molecule has 2 atom stereocenters. The number of ketones is 1. The monoisotopic (exact) mass is 567 g/mol. The number of hydrogen-bond donors (Lipinski definition) is 3. The summed E-state index contributed by atoms with van der Waals surface area (Å²) in [6, 6.07) is 8.72. The number of amides is 2. The van der Waals surface area contributed by atoms with Crippen LogP contribution in [0, 0.1) is 0 Å². The molecule has 2 amide bonds. The molecule has 4 rings (SSSR count). The number of carboxylic acid groups (broad SMARTS) is 1. The van der Waals surface area contributed by atoms with E-state index in [1.807, 2.05) is 30.3 Å². The van der Waals surface area contributed by atoms with Gasteiger partial charge in [-0.2, -0.15) is 4.98 Å². The maximum Gasteiger partial charge on any atom is 0.410 e. The number of ether oxygens (including phenoxy) is 2. The van der Waals surface area contributed by atoms with Gasteiger partial charge in [-0.05, 0) is 45.4 Å². The summed E-state index contributed by atoms with van der Waals surface area (Å²) in [4.78, 5) is 61.4. The molecular weight excluding hydrogens is 530 g/mol. The third kappa shape index (κ3) is 8.23. The molecule has 1 aliphatic heterocycles. The molecule has 1 aromatic heterocycles. The Labute approximate surface area is 238 Å². The van der Waals surface area contributed by atoms with Gasteiger partial charge in [0.15, 0.2) is 11.6 Å². The number of nitrogens with one attached hydrogen (secondary N) is 2. The first-order valence-electron chi connectivity index (χ1n) is 14.2. The summed E-state index contributed by atoms with van der Waals surface area (Å²) < 4.78 is 11.2. The molecule has 2 fully saturated rings. The summed E-state index contributed by atoms with van der Waals surface area (Å²) in [5, 5.41) is 15.0. The van der Waals surface area contributed by atoms with Crippen molar-refractivity contribution >= 4 is 23.8 Å². The number of carbonyl (C=O) groups is 4. The first-order valence-corrected chi connectivity index (χ1v) is 14.2. The maximum atomic E-state index is 13.7. The molecule has 1 saturated heterocycles. The minimum atomic E-state index is -1.06. The standard InChI is InChI=1S/C29H37N5O7/c1-2-40-29(39)34-16-15-30-18-23(34)26(37)21(13-8-14-25(35)36)32-28(38)22-17-24(41-20-11-6-7-12-20)33-27(31-22)19-9-4-3-5-10-19/h3-5,9-10,17,20-21,23,30H,2,6-8,11-16,18H2,1H3,(H,32,38)(H,35,36)/t21-,23?/m0/s1. The first kappa shape index (κ1) is 29.9. The molecule has 2 heterocycles. The Kier molecular flexibility index (Phi) is 10.6. The lowest BCUT2D eigenvalue weighted by Gasteiger charge is -2.36. The van der Waals surface area contributed by atoms with Gasteiger partial charge in [-0.25, -0.2) is 9.78 Å². The second-order valence-corrected chi connectivity index (χ2v) is 10.1. The molecular formula is C29H37N5O7. The summed E-state index contributed by atoms with van der Waals surface area (Å²) in [5.41, 5.74) is 0.720. The molecule has 1 aromatic carbocycles. The second kappa shape index (κ2) is 14.5. The highest BCUT2D eigenvalue weighted by molar-refractivity contribution is 5.99. The molecule has 1 aliphatic carbocycles. The smallest absolute Gasteiger partial charge is 0.410 e. The van der Waals surface area contributed by atoms with Crippen LogP contribution in [0.2, 0.25) is 0 Å². The topological polar surface area (TPSA) is 160 Å². The van der Waals surface area contributed by atoms with E-state index in [0.29, 0.717) is 17.9 Å². The van der Waals surface area contributed by atoms with Crippen molar-refractivity contribution in [3.8, 4) is 17.3 Å².